The number of benzene rings is 14. The van der Waals surface area contributed by atoms with Gasteiger partial charge in [0.1, 0.15) is 66.1 Å². The Bertz CT molecular complexity index is 8020. The number of rotatable bonds is 11. The Kier molecular flexibility index (Phi) is 26.4. The minimum atomic E-state index is 0.165. The largest absolute Gasteiger partial charge is 0.353 e. The van der Waals surface area contributed by atoms with Crippen LogP contribution in [-0.4, -0.2) is 59.0 Å². The first-order chi connectivity index (χ1) is 70.2. The molecule has 0 bridgehead atoms. The molecule has 5 aliphatic heterocycles. The maximum absolute atomic E-state index is 2.49. The van der Waals surface area contributed by atoms with E-state index in [0.717, 1.165) is 0 Å². The average Bonchev–Trinajstić information content (AvgIpc) is 1.66. The van der Waals surface area contributed by atoms with Crippen molar-refractivity contribution in [3.05, 3.63) is 427 Å². The van der Waals surface area contributed by atoms with Crippen LogP contribution in [0.3, 0.4) is 0 Å². The minimum absolute atomic E-state index is 0.165. The van der Waals surface area contributed by atoms with E-state index in [9.17, 15) is 0 Å². The summed E-state index contributed by atoms with van der Waals surface area (Å²) in [4.78, 5) is 24.2. The monoisotopic (exact) mass is 1910 g/mol. The number of hydrogen-bond donors (Lipinski definition) is 0. The Balaban J connectivity index is 0.000000110. The highest BCUT2D eigenvalue weighted by Crippen LogP contribution is 2.54. The molecule has 0 saturated carbocycles. The lowest BCUT2D eigenvalue weighted by molar-refractivity contribution is -0.660. The lowest BCUT2D eigenvalue weighted by Gasteiger charge is -2.31. The van der Waals surface area contributed by atoms with Crippen LogP contribution in [-0.2, 0) is 35.2 Å². The SMILES string of the molecule is Cc1c(-c2c3ccccc3cc[n+]2C)cccc1N1c2ccccc2N(C)[C@@H]1C.Cc1c(-c2cc3ccccc3c[n+]2C)cccc1N1c2ccccc2N(C)[C@@H]1C.Cc1c(-c2ccc3ccccc3[n+]2C)cccc1N1c2ccccc2N(C)[C@@H]1C.Cc1cc(C)c(N2c3ccccc3N(C)[C@@H]2C)c(C)c1-c1cccc[n+]1C.Cc1ccc(N2c3ccccc3N(c3cccc(-c4cccc[n+]4C)c3C)[C@H]2C)cc1. The average molecular weight is 1910 g/mol. The van der Waals surface area contributed by atoms with Crippen LogP contribution in [0.15, 0.2) is 383 Å². The third kappa shape index (κ3) is 17.3. The number of pyridine rings is 5. The van der Waals surface area contributed by atoms with E-state index >= 15 is 0 Å². The highest BCUT2D eigenvalue weighted by molar-refractivity contribution is 5.98. The molecule has 0 N–H and O–H groups in total. The maximum Gasteiger partial charge on any atom is 0.220 e. The summed E-state index contributed by atoms with van der Waals surface area (Å²) in [6.07, 6.45) is 9.85. The molecule has 10 heterocycles. The van der Waals surface area contributed by atoms with Gasteiger partial charge in [-0.05, 0) is 297 Å². The molecule has 0 unspecified atom stereocenters. The lowest BCUT2D eigenvalue weighted by atomic mass is 9.93. The normalized spacial score (nSPS) is 15.7. The quantitative estimate of drug-likeness (QED) is 0.117. The summed E-state index contributed by atoms with van der Waals surface area (Å²) < 4.78 is 11.2. The lowest BCUT2D eigenvalue weighted by Crippen LogP contribution is -2.36. The van der Waals surface area contributed by atoms with Crippen molar-refractivity contribution in [3.8, 4) is 56.3 Å². The number of anilines is 16. The molecule has 0 saturated heterocycles. The highest BCUT2D eigenvalue weighted by Gasteiger charge is 2.41. The van der Waals surface area contributed by atoms with Gasteiger partial charge in [-0.15, -0.1) is 0 Å². The van der Waals surface area contributed by atoms with Crippen LogP contribution in [0.1, 0.15) is 79.1 Å². The summed E-state index contributed by atoms with van der Waals surface area (Å²) >= 11 is 0. The predicted molar refractivity (Wildman–Crippen MR) is 608 cm³/mol. The van der Waals surface area contributed by atoms with Gasteiger partial charge in [0.15, 0.2) is 24.8 Å². The number of fused-ring (bicyclic) bond motifs is 8. The van der Waals surface area contributed by atoms with Gasteiger partial charge in [0.25, 0.3) is 0 Å². The molecule has 14 aromatic carbocycles. The molecule has 19 aromatic rings. The van der Waals surface area contributed by atoms with Crippen LogP contribution in [0.4, 0.5) is 91.0 Å². The Morgan fingerprint density at radius 3 is 1.08 bits per heavy atom. The van der Waals surface area contributed by atoms with Crippen LogP contribution in [0.25, 0.3) is 88.7 Å². The third-order valence-electron chi connectivity index (χ3n) is 31.3. The molecule has 15 heteroatoms. The molecule has 145 heavy (non-hydrogen) atoms. The van der Waals surface area contributed by atoms with Crippen molar-refractivity contribution in [2.45, 2.75) is 121 Å². The Labute approximate surface area is 857 Å². The van der Waals surface area contributed by atoms with Crippen molar-refractivity contribution in [1.29, 1.82) is 0 Å². The fourth-order valence-corrected chi connectivity index (χ4v) is 23.2. The summed E-state index contributed by atoms with van der Waals surface area (Å²) in [5.41, 5.74) is 44.6. The van der Waals surface area contributed by atoms with Gasteiger partial charge in [-0.2, -0.15) is 4.57 Å². The highest BCUT2D eigenvalue weighted by atomic mass is 15.4. The van der Waals surface area contributed by atoms with E-state index in [4.69, 9.17) is 0 Å². The van der Waals surface area contributed by atoms with Gasteiger partial charge < -0.3 is 49.0 Å². The molecule has 15 nitrogen and oxygen atoms in total. The van der Waals surface area contributed by atoms with Gasteiger partial charge >= 0.3 is 0 Å². The minimum Gasteiger partial charge on any atom is -0.353 e. The zero-order valence-electron chi connectivity index (χ0n) is 88.0. The van der Waals surface area contributed by atoms with E-state index < -0.39 is 0 Å². The molecule has 5 atom stereocenters. The fraction of sp³-hybridized carbons (Fsp3) is 0.208. The fourth-order valence-electron chi connectivity index (χ4n) is 23.2. The van der Waals surface area contributed by atoms with Gasteiger partial charge in [0.05, 0.1) is 90.1 Å². The first kappa shape index (κ1) is 96.1. The van der Waals surface area contributed by atoms with Gasteiger partial charge in [-0.3, -0.25) is 0 Å². The van der Waals surface area contributed by atoms with E-state index in [1.807, 2.05) is 0 Å². The van der Waals surface area contributed by atoms with Crippen LogP contribution in [0.5, 0.6) is 0 Å². The Morgan fingerprint density at radius 1 is 0.228 bits per heavy atom. The van der Waals surface area contributed by atoms with Crippen molar-refractivity contribution >= 4 is 123 Å². The molecule has 5 aliphatic rings. The molecule has 0 amide bonds. The summed E-state index contributed by atoms with van der Waals surface area (Å²) in [6.45, 7) is 29.2. The smallest absolute Gasteiger partial charge is 0.220 e. The number of aromatic nitrogens is 5. The Morgan fingerprint density at radius 2 is 0.593 bits per heavy atom. The molecule has 0 aliphatic carbocycles. The molecule has 0 radical (unpaired) electrons. The van der Waals surface area contributed by atoms with Crippen LogP contribution in [0, 0.1) is 55.4 Å². The number of hydrogen-bond acceptors (Lipinski definition) is 10. The van der Waals surface area contributed by atoms with Crippen molar-refractivity contribution in [3.63, 3.8) is 0 Å². The van der Waals surface area contributed by atoms with E-state index in [1.54, 1.807) is 0 Å². The molecular weight excluding hydrogens is 1770 g/mol. The number of para-hydroxylation sites is 11. The summed E-state index contributed by atoms with van der Waals surface area (Å²) in [5.74, 6) is 0. The van der Waals surface area contributed by atoms with Crippen molar-refractivity contribution in [2.75, 3.05) is 77.2 Å². The van der Waals surface area contributed by atoms with Gasteiger partial charge in [0.2, 0.25) is 34.0 Å². The standard InChI is InChI=1S/C28H28N3.3C26H26N3.C24H28N3/c1-20-15-17-23(18-16-20)30-22(3)31(28-13-6-5-12-27(28)30)25-14-9-10-24(21(25)2)26-11-7-8-19-29(26)4;1-18-21(24-17-16-20-10-5-6-12-23(20)28(24)4)11-9-15-22(18)29-19(2)27(3)25-13-7-8-14-26(25)29;1-18-22(26-16-20-10-5-6-11-21(20)17-27(26)3)12-9-15-23(18)29-19(2)28(4)24-13-7-8-14-25(24)29;1-18-21(26-22-11-6-5-10-20(22)16-17-27(26)3)12-9-15-23(18)29-19(2)28(4)24-13-7-8-14-25(24)29;1-16-15-17(2)24(18(3)23(16)22-13-9-10-14-25(22)5)27-19(4)26(6)20-11-7-8-12-21(20)27/h5-19,22H,1-4H3;3*5-17,19H,1-4H3;7-15,19H,1-6H3/q5*+1/t22-;4*19-/m00000/s1. The summed E-state index contributed by atoms with van der Waals surface area (Å²) in [7, 11) is 19.4. The first-order valence-electron chi connectivity index (χ1n) is 50.9. The Hall–Kier alpha value is -16.4. The molecule has 0 fully saturated rings. The van der Waals surface area contributed by atoms with E-state index in [-0.39, 0.29) is 30.8 Å². The second-order valence-electron chi connectivity index (χ2n) is 39.8. The number of aryl methyl sites for hydroxylation is 8. The van der Waals surface area contributed by atoms with Gasteiger partial charge in [-0.1, -0.05) is 157 Å². The molecule has 24 rings (SSSR count). The van der Waals surface area contributed by atoms with Crippen molar-refractivity contribution < 1.29 is 22.8 Å². The second-order valence-corrected chi connectivity index (χ2v) is 39.8. The van der Waals surface area contributed by atoms with Crippen molar-refractivity contribution in [2.24, 2.45) is 35.2 Å². The van der Waals surface area contributed by atoms with Gasteiger partial charge in [-0.25, -0.2) is 18.3 Å². The summed E-state index contributed by atoms with van der Waals surface area (Å²) in [6, 6.07) is 129. The predicted octanol–water partition coefficient (Wildman–Crippen LogP) is 28.2. The topological polar surface area (TPSA) is 51.8 Å². The molecule has 724 valence electrons. The second kappa shape index (κ2) is 39.8. The molecular formula is C130H134N15+5. The van der Waals surface area contributed by atoms with E-state index in [2.05, 4.69) is 608 Å². The first-order valence-corrected chi connectivity index (χ1v) is 50.9. The van der Waals surface area contributed by atoms with Crippen molar-refractivity contribution in [1.82, 2.24) is 0 Å². The maximum atomic E-state index is 2.49. The van der Waals surface area contributed by atoms with Crippen LogP contribution >= 0.6 is 0 Å². The zero-order valence-corrected chi connectivity index (χ0v) is 88.0. The summed E-state index contributed by atoms with van der Waals surface area (Å²) in [5, 5.41) is 6.34. The van der Waals surface area contributed by atoms with E-state index in [0.29, 0.717) is 0 Å². The van der Waals surface area contributed by atoms with Crippen LogP contribution in [0.2, 0.25) is 0 Å². The molecule has 0 spiro atoms. The zero-order chi connectivity index (χ0) is 101. The molecule has 5 aromatic heterocycles. The third-order valence-corrected chi connectivity index (χ3v) is 31.3. The van der Waals surface area contributed by atoms with Crippen LogP contribution < -0.4 is 71.8 Å². The van der Waals surface area contributed by atoms with E-state index in [1.165, 1.54) is 224 Å². The number of nitrogens with zero attached hydrogens (tertiary/aromatic N) is 15. The van der Waals surface area contributed by atoms with Gasteiger partial charge in [0, 0.05) is 122 Å².